The van der Waals surface area contributed by atoms with Gasteiger partial charge < -0.3 is 9.52 Å². The quantitative estimate of drug-likeness (QED) is 0.892. The van der Waals surface area contributed by atoms with Crippen molar-refractivity contribution in [1.29, 1.82) is 0 Å². The number of carboxylic acids is 1. The summed E-state index contributed by atoms with van der Waals surface area (Å²) in [6.07, 6.45) is 1.35. The van der Waals surface area contributed by atoms with E-state index >= 15 is 0 Å². The molecule has 1 heterocycles. The third-order valence-electron chi connectivity index (χ3n) is 2.54. The zero-order chi connectivity index (χ0) is 14.0. The molecule has 2 aromatic rings. The molecule has 0 unspecified atom stereocenters. The van der Waals surface area contributed by atoms with Gasteiger partial charge in [-0.2, -0.15) is 0 Å². The molecular formula is C13H11BrClNO3. The molecule has 1 N–H and O–H groups in total. The van der Waals surface area contributed by atoms with E-state index in [-0.39, 0.29) is 11.7 Å². The Hall–Kier alpha value is -1.33. The molecule has 2 rings (SSSR count). The van der Waals surface area contributed by atoms with Crippen molar-refractivity contribution in [1.82, 2.24) is 4.98 Å². The Morgan fingerprint density at radius 1 is 1.53 bits per heavy atom. The van der Waals surface area contributed by atoms with Gasteiger partial charge in [-0.1, -0.05) is 40.9 Å². The maximum absolute atomic E-state index is 11.1. The molecule has 0 radical (unpaired) electrons. The molecule has 0 atom stereocenters. The van der Waals surface area contributed by atoms with Gasteiger partial charge in [0.2, 0.25) is 11.7 Å². The molecule has 4 nitrogen and oxygen atoms in total. The normalized spacial score (nSPS) is 10.7. The van der Waals surface area contributed by atoms with Crippen LogP contribution in [-0.2, 0) is 6.42 Å². The van der Waals surface area contributed by atoms with Gasteiger partial charge in [-0.3, -0.25) is 0 Å². The van der Waals surface area contributed by atoms with Gasteiger partial charge in [0.1, 0.15) is 0 Å². The zero-order valence-corrected chi connectivity index (χ0v) is 12.5. The lowest BCUT2D eigenvalue weighted by Crippen LogP contribution is -1.99. The summed E-state index contributed by atoms with van der Waals surface area (Å²) in [4.78, 5) is 15.3. The fourth-order valence-corrected chi connectivity index (χ4v) is 2.46. The topological polar surface area (TPSA) is 63.3 Å². The number of nitrogens with zero attached hydrogens (tertiary/aromatic N) is 1. The van der Waals surface area contributed by atoms with E-state index < -0.39 is 5.97 Å². The molecule has 1 aromatic heterocycles. The van der Waals surface area contributed by atoms with Gasteiger partial charge in [-0.25, -0.2) is 9.78 Å². The Balaban J connectivity index is 2.50. The average molecular weight is 345 g/mol. The zero-order valence-electron chi connectivity index (χ0n) is 10.1. The van der Waals surface area contributed by atoms with Crippen LogP contribution >= 0.6 is 27.5 Å². The van der Waals surface area contributed by atoms with Gasteiger partial charge in [-0.05, 0) is 24.6 Å². The summed E-state index contributed by atoms with van der Waals surface area (Å²) in [6.45, 7) is 1.95. The maximum Gasteiger partial charge on any atom is 0.373 e. The van der Waals surface area contributed by atoms with Gasteiger partial charge in [-0.15, -0.1) is 0 Å². The Kier molecular flexibility index (Phi) is 4.27. The van der Waals surface area contributed by atoms with Gasteiger partial charge >= 0.3 is 5.97 Å². The van der Waals surface area contributed by atoms with Crippen LogP contribution in [0.15, 0.2) is 27.1 Å². The molecule has 0 spiro atoms. The van der Waals surface area contributed by atoms with Gasteiger partial charge in [0, 0.05) is 4.47 Å². The van der Waals surface area contributed by atoms with E-state index in [0.29, 0.717) is 22.7 Å². The van der Waals surface area contributed by atoms with Crippen LogP contribution in [0.3, 0.4) is 0 Å². The van der Waals surface area contributed by atoms with Crippen LogP contribution in [0, 0.1) is 0 Å². The first-order chi connectivity index (χ1) is 9.02. The molecule has 0 aliphatic carbocycles. The van der Waals surface area contributed by atoms with Crippen molar-refractivity contribution in [2.75, 3.05) is 0 Å². The predicted octanol–water partition coefficient (Wildman–Crippen LogP) is 4.41. The number of oxazole rings is 1. The summed E-state index contributed by atoms with van der Waals surface area (Å²) in [5.41, 5.74) is 1.03. The predicted molar refractivity (Wildman–Crippen MR) is 75.6 cm³/mol. The molecular weight excluding hydrogens is 334 g/mol. The maximum atomic E-state index is 11.1. The summed E-state index contributed by atoms with van der Waals surface area (Å²) < 4.78 is 6.16. The SMILES string of the molecule is CCCc1nc(-c2ccc(Br)cc2Cl)oc1C(=O)O. The number of carboxylic acid groups (broad SMARTS) is 1. The Bertz CT molecular complexity index is 624. The standard InChI is InChI=1S/C13H11BrClNO3/c1-2-3-10-11(13(17)18)19-12(16-10)8-5-4-7(14)6-9(8)15/h4-6H,2-3H2,1H3,(H,17,18). The molecule has 0 aliphatic rings. The Morgan fingerprint density at radius 2 is 2.26 bits per heavy atom. The largest absolute Gasteiger partial charge is 0.475 e. The van der Waals surface area contributed by atoms with Crippen LogP contribution in [0.5, 0.6) is 0 Å². The lowest BCUT2D eigenvalue weighted by Gasteiger charge is -1.99. The van der Waals surface area contributed by atoms with Crippen molar-refractivity contribution in [3.8, 4) is 11.5 Å². The summed E-state index contributed by atoms with van der Waals surface area (Å²) >= 11 is 9.41. The Morgan fingerprint density at radius 3 is 2.84 bits per heavy atom. The van der Waals surface area contributed by atoms with Crippen molar-refractivity contribution in [2.45, 2.75) is 19.8 Å². The highest BCUT2D eigenvalue weighted by Gasteiger charge is 2.20. The van der Waals surface area contributed by atoms with Crippen molar-refractivity contribution in [2.24, 2.45) is 0 Å². The van der Waals surface area contributed by atoms with Crippen LogP contribution in [0.1, 0.15) is 29.6 Å². The minimum atomic E-state index is -1.12. The lowest BCUT2D eigenvalue weighted by atomic mass is 10.2. The second kappa shape index (κ2) is 5.75. The van der Waals surface area contributed by atoms with Crippen molar-refractivity contribution >= 4 is 33.5 Å². The molecule has 100 valence electrons. The second-order valence-electron chi connectivity index (χ2n) is 3.97. The second-order valence-corrected chi connectivity index (χ2v) is 5.30. The van der Waals surface area contributed by atoms with Gasteiger partial charge in [0.15, 0.2) is 0 Å². The number of hydrogen-bond acceptors (Lipinski definition) is 3. The van der Waals surface area contributed by atoms with E-state index in [9.17, 15) is 4.79 Å². The van der Waals surface area contributed by atoms with Crippen LogP contribution in [0.2, 0.25) is 5.02 Å². The van der Waals surface area contributed by atoms with Gasteiger partial charge in [0.05, 0.1) is 16.3 Å². The molecule has 0 bridgehead atoms. The molecule has 1 aromatic carbocycles. The molecule has 6 heteroatoms. The van der Waals surface area contributed by atoms with Crippen LogP contribution in [0.25, 0.3) is 11.5 Å². The highest BCUT2D eigenvalue weighted by molar-refractivity contribution is 9.10. The summed E-state index contributed by atoms with van der Waals surface area (Å²) in [6, 6.07) is 5.24. The number of hydrogen-bond donors (Lipinski definition) is 1. The van der Waals surface area contributed by atoms with Crippen molar-refractivity contribution in [3.63, 3.8) is 0 Å². The van der Waals surface area contributed by atoms with Crippen LogP contribution < -0.4 is 0 Å². The highest BCUT2D eigenvalue weighted by atomic mass is 79.9. The van der Waals surface area contributed by atoms with E-state index in [1.54, 1.807) is 18.2 Å². The summed E-state index contributed by atoms with van der Waals surface area (Å²) in [7, 11) is 0. The summed E-state index contributed by atoms with van der Waals surface area (Å²) in [5, 5.41) is 9.55. The van der Waals surface area contributed by atoms with Gasteiger partial charge in [0.25, 0.3) is 0 Å². The number of carbonyl (C=O) groups is 1. The van der Waals surface area contributed by atoms with E-state index in [1.165, 1.54) is 0 Å². The van der Waals surface area contributed by atoms with Crippen LogP contribution in [-0.4, -0.2) is 16.1 Å². The summed E-state index contributed by atoms with van der Waals surface area (Å²) in [5.74, 6) is -0.996. The molecule has 0 saturated carbocycles. The number of aromatic nitrogens is 1. The average Bonchev–Trinajstić information content (AvgIpc) is 2.73. The number of benzene rings is 1. The van der Waals surface area contributed by atoms with E-state index in [1.807, 2.05) is 6.92 Å². The Labute approximate surface area is 123 Å². The molecule has 0 fully saturated rings. The fraction of sp³-hybridized carbons (Fsp3) is 0.231. The number of halogens is 2. The minimum absolute atomic E-state index is 0.115. The smallest absolute Gasteiger partial charge is 0.373 e. The third kappa shape index (κ3) is 2.98. The first-order valence-corrected chi connectivity index (χ1v) is 6.88. The van der Waals surface area contributed by atoms with E-state index in [2.05, 4.69) is 20.9 Å². The van der Waals surface area contributed by atoms with Crippen LogP contribution in [0.4, 0.5) is 0 Å². The minimum Gasteiger partial charge on any atom is -0.475 e. The number of aromatic carboxylic acids is 1. The van der Waals surface area contributed by atoms with E-state index in [0.717, 1.165) is 10.9 Å². The highest BCUT2D eigenvalue weighted by Crippen LogP contribution is 2.31. The van der Waals surface area contributed by atoms with E-state index in [4.69, 9.17) is 21.1 Å². The molecule has 0 amide bonds. The first-order valence-electron chi connectivity index (χ1n) is 5.71. The molecule has 0 aliphatic heterocycles. The number of aryl methyl sites for hydroxylation is 1. The van der Waals surface area contributed by atoms with Crippen molar-refractivity contribution < 1.29 is 14.3 Å². The molecule has 0 saturated heterocycles. The number of rotatable bonds is 4. The fourth-order valence-electron chi connectivity index (χ4n) is 1.70. The van der Waals surface area contributed by atoms with Crippen molar-refractivity contribution in [3.05, 3.63) is 39.1 Å². The monoisotopic (exact) mass is 343 g/mol. The third-order valence-corrected chi connectivity index (χ3v) is 3.35. The first kappa shape index (κ1) is 14.1. The molecule has 19 heavy (non-hydrogen) atoms. The lowest BCUT2D eigenvalue weighted by molar-refractivity contribution is 0.0661.